The lowest BCUT2D eigenvalue weighted by atomic mass is 10.00. The Labute approximate surface area is 161 Å². The number of fused-ring (bicyclic) bond motifs is 2. The predicted molar refractivity (Wildman–Crippen MR) is 107 cm³/mol. The van der Waals surface area contributed by atoms with Gasteiger partial charge in [0.15, 0.2) is 0 Å². The lowest BCUT2D eigenvalue weighted by Gasteiger charge is -2.11. The molecule has 4 aromatic rings. The summed E-state index contributed by atoms with van der Waals surface area (Å²) in [6, 6.07) is 12.1. The van der Waals surface area contributed by atoms with Gasteiger partial charge in [0.2, 0.25) is 0 Å². The molecule has 28 heavy (non-hydrogen) atoms. The second-order valence-electron chi connectivity index (χ2n) is 7.14. The van der Waals surface area contributed by atoms with Gasteiger partial charge in [-0.2, -0.15) is 0 Å². The van der Waals surface area contributed by atoms with Gasteiger partial charge in [0.25, 0.3) is 5.56 Å². The van der Waals surface area contributed by atoms with Gasteiger partial charge in [-0.15, -0.1) is 0 Å². The minimum Gasteiger partial charge on any atom is -0.487 e. The molecule has 3 aromatic heterocycles. The molecule has 0 fully saturated rings. The summed E-state index contributed by atoms with van der Waals surface area (Å²) in [7, 11) is 0. The monoisotopic (exact) mass is 376 g/mol. The molecule has 0 spiro atoms. The summed E-state index contributed by atoms with van der Waals surface area (Å²) in [5.41, 5.74) is 3.02. The standard InChI is InChI=1S/C22H20N2O4/c1-13(2)18-11-22(26)28-19-10-16(4-5-17(18)19)27-12-15-9-21(25)24-7-6-14(3)8-20(24)23-15/h4-11,13H,12H2,1-3H3. The largest absolute Gasteiger partial charge is 0.487 e. The number of ether oxygens (including phenoxy) is 1. The lowest BCUT2D eigenvalue weighted by Crippen LogP contribution is -2.16. The molecule has 6 heteroatoms. The van der Waals surface area contributed by atoms with Crippen molar-refractivity contribution in [2.75, 3.05) is 0 Å². The van der Waals surface area contributed by atoms with E-state index in [0.717, 1.165) is 16.5 Å². The van der Waals surface area contributed by atoms with E-state index in [1.54, 1.807) is 12.3 Å². The molecule has 0 saturated heterocycles. The molecule has 0 aliphatic carbocycles. The molecule has 6 nitrogen and oxygen atoms in total. The molecular weight excluding hydrogens is 356 g/mol. The van der Waals surface area contributed by atoms with E-state index >= 15 is 0 Å². The summed E-state index contributed by atoms with van der Waals surface area (Å²) >= 11 is 0. The third-order valence-electron chi connectivity index (χ3n) is 4.63. The first-order chi connectivity index (χ1) is 13.4. The van der Waals surface area contributed by atoms with E-state index in [1.165, 1.54) is 16.5 Å². The molecular formula is C22H20N2O4. The van der Waals surface area contributed by atoms with Gasteiger partial charge < -0.3 is 9.15 Å². The number of aromatic nitrogens is 2. The van der Waals surface area contributed by atoms with Gasteiger partial charge in [-0.25, -0.2) is 9.78 Å². The van der Waals surface area contributed by atoms with Crippen LogP contribution in [0.1, 0.15) is 36.6 Å². The summed E-state index contributed by atoms with van der Waals surface area (Å²) in [4.78, 5) is 28.6. The van der Waals surface area contributed by atoms with Crippen molar-refractivity contribution < 1.29 is 9.15 Å². The third kappa shape index (κ3) is 3.41. The summed E-state index contributed by atoms with van der Waals surface area (Å²) in [6.45, 7) is 6.15. The quantitative estimate of drug-likeness (QED) is 0.506. The van der Waals surface area contributed by atoms with Gasteiger partial charge in [0.1, 0.15) is 23.6 Å². The highest BCUT2D eigenvalue weighted by Crippen LogP contribution is 2.27. The van der Waals surface area contributed by atoms with Crippen molar-refractivity contribution in [3.05, 3.63) is 86.3 Å². The topological polar surface area (TPSA) is 73.8 Å². The summed E-state index contributed by atoms with van der Waals surface area (Å²) in [5.74, 6) is 0.749. The van der Waals surface area contributed by atoms with Crippen LogP contribution >= 0.6 is 0 Å². The molecule has 4 rings (SSSR count). The van der Waals surface area contributed by atoms with Gasteiger partial charge in [0.05, 0.1) is 5.69 Å². The number of rotatable bonds is 4. The van der Waals surface area contributed by atoms with Crippen molar-refractivity contribution in [2.24, 2.45) is 0 Å². The van der Waals surface area contributed by atoms with E-state index < -0.39 is 0 Å². The van der Waals surface area contributed by atoms with E-state index in [-0.39, 0.29) is 23.7 Å². The first kappa shape index (κ1) is 18.0. The maximum Gasteiger partial charge on any atom is 0.336 e. The van der Waals surface area contributed by atoms with E-state index in [9.17, 15) is 9.59 Å². The van der Waals surface area contributed by atoms with Gasteiger partial charge in [-0.1, -0.05) is 13.8 Å². The van der Waals surface area contributed by atoms with Crippen LogP contribution in [-0.4, -0.2) is 9.38 Å². The van der Waals surface area contributed by atoms with Crippen LogP contribution in [0, 0.1) is 6.92 Å². The van der Waals surface area contributed by atoms with Crippen LogP contribution in [0.4, 0.5) is 0 Å². The predicted octanol–water partition coefficient (Wildman–Crippen LogP) is 3.81. The van der Waals surface area contributed by atoms with Crippen LogP contribution in [0.5, 0.6) is 5.75 Å². The lowest BCUT2D eigenvalue weighted by molar-refractivity contribution is 0.301. The normalized spacial score (nSPS) is 11.4. The van der Waals surface area contributed by atoms with Crippen molar-refractivity contribution in [3.63, 3.8) is 0 Å². The highest BCUT2D eigenvalue weighted by molar-refractivity contribution is 5.82. The molecule has 0 bridgehead atoms. The number of pyridine rings is 1. The Balaban J connectivity index is 1.65. The first-order valence-electron chi connectivity index (χ1n) is 9.10. The molecule has 3 heterocycles. The summed E-state index contributed by atoms with van der Waals surface area (Å²) in [5, 5.41) is 0.888. The van der Waals surface area contributed by atoms with Crippen molar-refractivity contribution in [1.82, 2.24) is 9.38 Å². The van der Waals surface area contributed by atoms with Crippen LogP contribution in [0.3, 0.4) is 0 Å². The Morgan fingerprint density at radius 3 is 2.71 bits per heavy atom. The van der Waals surface area contributed by atoms with Crippen molar-refractivity contribution in [2.45, 2.75) is 33.3 Å². The number of nitrogens with zero attached hydrogens (tertiary/aromatic N) is 2. The van der Waals surface area contributed by atoms with Gasteiger partial charge in [-0.05, 0) is 48.2 Å². The van der Waals surface area contributed by atoms with Gasteiger partial charge >= 0.3 is 5.63 Å². The van der Waals surface area contributed by atoms with Crippen molar-refractivity contribution >= 4 is 16.6 Å². The van der Waals surface area contributed by atoms with Crippen LogP contribution < -0.4 is 15.9 Å². The maximum atomic E-state index is 12.3. The smallest absolute Gasteiger partial charge is 0.336 e. The fraction of sp³-hybridized carbons (Fsp3) is 0.227. The highest BCUT2D eigenvalue weighted by atomic mass is 16.5. The molecule has 0 N–H and O–H groups in total. The maximum absolute atomic E-state index is 12.3. The molecule has 1 aromatic carbocycles. The van der Waals surface area contributed by atoms with E-state index in [2.05, 4.69) is 4.98 Å². The molecule has 0 atom stereocenters. The minimum atomic E-state index is -0.382. The summed E-state index contributed by atoms with van der Waals surface area (Å²) < 4.78 is 12.6. The Bertz CT molecular complexity index is 1300. The molecule has 142 valence electrons. The molecule has 0 aliphatic rings. The van der Waals surface area contributed by atoms with Crippen LogP contribution in [0.2, 0.25) is 0 Å². The van der Waals surface area contributed by atoms with Crippen LogP contribution in [-0.2, 0) is 6.61 Å². The van der Waals surface area contributed by atoms with Crippen molar-refractivity contribution in [3.8, 4) is 5.75 Å². The number of hydrogen-bond donors (Lipinski definition) is 0. The number of aryl methyl sites for hydroxylation is 1. The molecule has 0 saturated carbocycles. The van der Waals surface area contributed by atoms with Gasteiger partial charge in [0, 0.05) is 29.8 Å². The van der Waals surface area contributed by atoms with E-state index in [1.807, 2.05) is 45.0 Å². The average Bonchev–Trinajstić information content (AvgIpc) is 2.64. The Hall–Kier alpha value is -3.41. The molecule has 0 radical (unpaired) electrons. The van der Waals surface area contributed by atoms with E-state index in [4.69, 9.17) is 9.15 Å². The van der Waals surface area contributed by atoms with Gasteiger partial charge in [-0.3, -0.25) is 9.20 Å². The molecule has 0 unspecified atom stereocenters. The van der Waals surface area contributed by atoms with Crippen LogP contribution in [0.15, 0.2) is 62.7 Å². The zero-order chi connectivity index (χ0) is 19.8. The first-order valence-corrected chi connectivity index (χ1v) is 9.10. The average molecular weight is 376 g/mol. The zero-order valence-electron chi connectivity index (χ0n) is 15.9. The Kier molecular flexibility index (Phi) is 4.47. The summed E-state index contributed by atoms with van der Waals surface area (Å²) in [6.07, 6.45) is 1.71. The van der Waals surface area contributed by atoms with Crippen molar-refractivity contribution in [1.29, 1.82) is 0 Å². The Morgan fingerprint density at radius 1 is 1.11 bits per heavy atom. The third-order valence-corrected chi connectivity index (χ3v) is 4.63. The fourth-order valence-corrected chi connectivity index (χ4v) is 3.22. The second kappa shape index (κ2) is 6.96. The second-order valence-corrected chi connectivity index (χ2v) is 7.14. The number of benzene rings is 1. The Morgan fingerprint density at radius 2 is 1.93 bits per heavy atom. The molecule has 0 aliphatic heterocycles. The number of hydrogen-bond acceptors (Lipinski definition) is 5. The fourth-order valence-electron chi connectivity index (χ4n) is 3.22. The minimum absolute atomic E-state index is 0.138. The zero-order valence-corrected chi connectivity index (χ0v) is 15.9. The van der Waals surface area contributed by atoms with Crippen LogP contribution in [0.25, 0.3) is 16.6 Å². The highest BCUT2D eigenvalue weighted by Gasteiger charge is 2.10. The SMILES string of the molecule is Cc1ccn2c(=O)cc(COc3ccc4c(C(C)C)cc(=O)oc4c3)nc2c1. The molecule has 0 amide bonds. The van der Waals surface area contributed by atoms with E-state index in [0.29, 0.717) is 22.7 Å².